The normalized spacial score (nSPS) is 10.5. The average molecular weight is 249 g/mol. The number of nitrogens with zero attached hydrogens (tertiary/aromatic N) is 2. The van der Waals surface area contributed by atoms with Crippen molar-refractivity contribution in [2.75, 3.05) is 0 Å². The second-order valence-corrected chi connectivity index (χ2v) is 4.26. The minimum atomic E-state index is -0.0153. The van der Waals surface area contributed by atoms with Crippen molar-refractivity contribution in [1.29, 1.82) is 0 Å². The maximum absolute atomic E-state index is 12.3. The molecule has 88 valence electrons. The third-order valence-corrected chi connectivity index (χ3v) is 2.92. The molecule has 1 aromatic heterocycles. The van der Waals surface area contributed by atoms with Crippen molar-refractivity contribution in [3.05, 3.63) is 52.3 Å². The number of ketones is 1. The quantitative estimate of drug-likeness (QED) is 0.783. The number of aromatic nitrogens is 2. The maximum Gasteiger partial charge on any atom is 0.211 e. The summed E-state index contributed by atoms with van der Waals surface area (Å²) in [6.07, 6.45) is 1.64. The van der Waals surface area contributed by atoms with Gasteiger partial charge in [-0.25, -0.2) is 0 Å². The van der Waals surface area contributed by atoms with Crippen LogP contribution in [-0.4, -0.2) is 15.6 Å². The van der Waals surface area contributed by atoms with Crippen LogP contribution in [0.4, 0.5) is 0 Å². The Hall–Kier alpha value is -1.61. The van der Waals surface area contributed by atoms with E-state index in [-0.39, 0.29) is 5.78 Å². The average Bonchev–Trinajstić information content (AvgIpc) is 2.76. The molecule has 0 spiro atoms. The van der Waals surface area contributed by atoms with Gasteiger partial charge in [0.2, 0.25) is 5.78 Å². The van der Waals surface area contributed by atoms with Crippen LogP contribution in [0.2, 0.25) is 5.02 Å². The van der Waals surface area contributed by atoms with Crippen LogP contribution in [0.3, 0.4) is 0 Å². The fraction of sp³-hybridized carbons (Fsp3) is 0.231. The van der Waals surface area contributed by atoms with Gasteiger partial charge in [-0.1, -0.05) is 11.6 Å². The van der Waals surface area contributed by atoms with Gasteiger partial charge in [0.05, 0.1) is 0 Å². The SMILES string of the molecule is CCn1nccc1C(=O)c1ccc(Cl)cc1C. The van der Waals surface area contributed by atoms with Crippen LogP contribution < -0.4 is 0 Å². The van der Waals surface area contributed by atoms with Gasteiger partial charge in [-0.15, -0.1) is 0 Å². The number of halogens is 1. The Bertz CT molecular complexity index is 560. The van der Waals surface area contributed by atoms with E-state index in [9.17, 15) is 4.79 Å². The van der Waals surface area contributed by atoms with E-state index >= 15 is 0 Å². The van der Waals surface area contributed by atoms with Crippen molar-refractivity contribution < 1.29 is 4.79 Å². The lowest BCUT2D eigenvalue weighted by Crippen LogP contribution is -2.11. The molecule has 0 fully saturated rings. The number of hydrogen-bond acceptors (Lipinski definition) is 2. The summed E-state index contributed by atoms with van der Waals surface area (Å²) in [7, 11) is 0. The monoisotopic (exact) mass is 248 g/mol. The van der Waals surface area contributed by atoms with Gasteiger partial charge < -0.3 is 0 Å². The number of rotatable bonds is 3. The maximum atomic E-state index is 12.3. The van der Waals surface area contributed by atoms with Gasteiger partial charge in [0, 0.05) is 23.3 Å². The summed E-state index contributed by atoms with van der Waals surface area (Å²) in [6, 6.07) is 7.02. The molecule has 0 radical (unpaired) electrons. The smallest absolute Gasteiger partial charge is 0.211 e. The summed E-state index contributed by atoms with van der Waals surface area (Å²) in [4.78, 5) is 12.3. The minimum Gasteiger partial charge on any atom is -0.287 e. The zero-order valence-electron chi connectivity index (χ0n) is 9.77. The van der Waals surface area contributed by atoms with Crippen LogP contribution in [-0.2, 0) is 6.54 Å². The first kappa shape index (κ1) is 11.9. The molecular weight excluding hydrogens is 236 g/mol. The lowest BCUT2D eigenvalue weighted by Gasteiger charge is -2.06. The van der Waals surface area contributed by atoms with Crippen molar-refractivity contribution >= 4 is 17.4 Å². The van der Waals surface area contributed by atoms with Crippen LogP contribution in [0.5, 0.6) is 0 Å². The second kappa shape index (κ2) is 4.72. The molecule has 0 saturated carbocycles. The summed E-state index contributed by atoms with van der Waals surface area (Å²) in [5.74, 6) is -0.0153. The molecular formula is C13H13ClN2O. The lowest BCUT2D eigenvalue weighted by atomic mass is 10.0. The summed E-state index contributed by atoms with van der Waals surface area (Å²) in [5, 5.41) is 4.74. The van der Waals surface area contributed by atoms with Gasteiger partial charge in [0.15, 0.2) is 0 Å². The van der Waals surface area contributed by atoms with Crippen molar-refractivity contribution in [3.8, 4) is 0 Å². The van der Waals surface area contributed by atoms with Gasteiger partial charge in [-0.2, -0.15) is 5.10 Å². The van der Waals surface area contributed by atoms with Crippen molar-refractivity contribution in [2.24, 2.45) is 0 Å². The van der Waals surface area contributed by atoms with E-state index in [1.807, 2.05) is 13.8 Å². The molecule has 0 bridgehead atoms. The minimum absolute atomic E-state index is 0.0153. The van der Waals surface area contributed by atoms with Crippen LogP contribution in [0.1, 0.15) is 28.5 Å². The Morgan fingerprint density at radius 1 is 1.41 bits per heavy atom. The van der Waals surface area contributed by atoms with Gasteiger partial charge in [0.1, 0.15) is 5.69 Å². The molecule has 2 aromatic rings. The van der Waals surface area contributed by atoms with Gasteiger partial charge in [-0.05, 0) is 43.7 Å². The fourth-order valence-corrected chi connectivity index (χ4v) is 2.02. The topological polar surface area (TPSA) is 34.9 Å². The fourth-order valence-electron chi connectivity index (χ4n) is 1.80. The molecule has 0 atom stereocenters. The number of aryl methyl sites for hydroxylation is 2. The summed E-state index contributed by atoms with van der Waals surface area (Å²) >= 11 is 5.88. The molecule has 3 nitrogen and oxygen atoms in total. The van der Waals surface area contributed by atoms with Gasteiger partial charge >= 0.3 is 0 Å². The molecule has 0 saturated heterocycles. The highest BCUT2D eigenvalue weighted by molar-refractivity contribution is 6.30. The third-order valence-electron chi connectivity index (χ3n) is 2.68. The zero-order valence-corrected chi connectivity index (χ0v) is 10.5. The largest absolute Gasteiger partial charge is 0.287 e. The van der Waals surface area contributed by atoms with E-state index in [2.05, 4.69) is 5.10 Å². The highest BCUT2D eigenvalue weighted by Crippen LogP contribution is 2.18. The van der Waals surface area contributed by atoms with Gasteiger partial charge in [-0.3, -0.25) is 9.48 Å². The number of carbonyl (C=O) groups excluding carboxylic acids is 1. The van der Waals surface area contributed by atoms with Crippen molar-refractivity contribution in [1.82, 2.24) is 9.78 Å². The molecule has 4 heteroatoms. The van der Waals surface area contributed by atoms with Crippen molar-refractivity contribution in [2.45, 2.75) is 20.4 Å². The first-order valence-electron chi connectivity index (χ1n) is 5.46. The zero-order chi connectivity index (χ0) is 12.4. The molecule has 1 heterocycles. The van der Waals surface area contributed by atoms with E-state index in [0.717, 1.165) is 5.56 Å². The Morgan fingerprint density at radius 2 is 2.18 bits per heavy atom. The Morgan fingerprint density at radius 3 is 2.82 bits per heavy atom. The summed E-state index contributed by atoms with van der Waals surface area (Å²) < 4.78 is 1.69. The molecule has 0 aliphatic heterocycles. The van der Waals surface area contributed by atoms with E-state index in [1.54, 1.807) is 35.1 Å². The van der Waals surface area contributed by atoms with Crippen LogP contribution in [0.15, 0.2) is 30.5 Å². The predicted molar refractivity (Wildman–Crippen MR) is 67.5 cm³/mol. The Labute approximate surface area is 105 Å². The van der Waals surface area contributed by atoms with E-state index in [4.69, 9.17) is 11.6 Å². The number of hydrogen-bond donors (Lipinski definition) is 0. The first-order valence-corrected chi connectivity index (χ1v) is 5.84. The van der Waals surface area contributed by atoms with Gasteiger partial charge in [0.25, 0.3) is 0 Å². The predicted octanol–water partition coefficient (Wildman–Crippen LogP) is 3.10. The van der Waals surface area contributed by atoms with E-state index < -0.39 is 0 Å². The molecule has 0 aliphatic rings. The third kappa shape index (κ3) is 2.24. The summed E-state index contributed by atoms with van der Waals surface area (Å²) in [6.45, 7) is 4.52. The molecule has 1 aromatic carbocycles. The van der Waals surface area contributed by atoms with Crippen molar-refractivity contribution in [3.63, 3.8) is 0 Å². The molecule has 0 amide bonds. The lowest BCUT2D eigenvalue weighted by molar-refractivity contribution is 0.102. The molecule has 0 unspecified atom stereocenters. The molecule has 2 rings (SSSR count). The highest BCUT2D eigenvalue weighted by Gasteiger charge is 2.15. The Kier molecular flexibility index (Phi) is 3.29. The molecule has 0 aliphatic carbocycles. The molecule has 17 heavy (non-hydrogen) atoms. The first-order chi connectivity index (χ1) is 8.13. The number of benzene rings is 1. The second-order valence-electron chi connectivity index (χ2n) is 3.82. The van der Waals surface area contributed by atoms with E-state index in [0.29, 0.717) is 22.8 Å². The van der Waals surface area contributed by atoms with Crippen LogP contribution >= 0.6 is 11.6 Å². The van der Waals surface area contributed by atoms with E-state index in [1.165, 1.54) is 0 Å². The molecule has 0 N–H and O–H groups in total. The van der Waals surface area contributed by atoms with Crippen LogP contribution in [0.25, 0.3) is 0 Å². The standard InChI is InChI=1S/C13H13ClN2O/c1-3-16-12(6-7-15-16)13(17)11-5-4-10(14)8-9(11)2/h4-8H,3H2,1-2H3. The summed E-state index contributed by atoms with van der Waals surface area (Å²) in [5.41, 5.74) is 2.16. The highest BCUT2D eigenvalue weighted by atomic mass is 35.5. The number of carbonyl (C=O) groups is 1. The van der Waals surface area contributed by atoms with Crippen LogP contribution in [0, 0.1) is 6.92 Å². The Balaban J connectivity index is 2.44.